The van der Waals surface area contributed by atoms with Gasteiger partial charge < -0.3 is 10.4 Å². The maximum atomic E-state index is 12.2. The number of rotatable bonds is 4. The molecule has 1 aromatic rings. The first-order valence-electron chi connectivity index (χ1n) is 6.90. The number of nitrogens with one attached hydrogen (secondary N) is 1. The summed E-state index contributed by atoms with van der Waals surface area (Å²) in [6, 6.07) is 3.26. The summed E-state index contributed by atoms with van der Waals surface area (Å²) in [5.74, 6) is -2.54. The number of hydrogen-bond donors (Lipinski definition) is 2. The molecule has 1 aliphatic heterocycles. The van der Waals surface area contributed by atoms with Crippen LogP contribution in [0.15, 0.2) is 18.2 Å². The van der Waals surface area contributed by atoms with E-state index in [0.717, 1.165) is 17.7 Å². The van der Waals surface area contributed by atoms with Gasteiger partial charge >= 0.3 is 5.97 Å². The summed E-state index contributed by atoms with van der Waals surface area (Å²) in [6.07, 6.45) is 1.55. The second-order valence-electron chi connectivity index (χ2n) is 5.56. The van der Waals surface area contributed by atoms with Crippen molar-refractivity contribution < 1.29 is 24.3 Å². The Morgan fingerprint density at radius 1 is 1.23 bits per heavy atom. The molecule has 1 saturated carbocycles. The zero-order chi connectivity index (χ0) is 16.0. The number of carbonyl (C=O) groups is 4. The van der Waals surface area contributed by atoms with Crippen molar-refractivity contribution in [2.45, 2.75) is 18.9 Å². The van der Waals surface area contributed by atoms with Gasteiger partial charge in [-0.25, -0.2) is 4.79 Å². The van der Waals surface area contributed by atoms with Crippen LogP contribution >= 0.6 is 0 Å². The second kappa shape index (κ2) is 4.94. The fourth-order valence-corrected chi connectivity index (χ4v) is 2.54. The molecule has 22 heavy (non-hydrogen) atoms. The van der Waals surface area contributed by atoms with Gasteiger partial charge in [0.1, 0.15) is 6.04 Å². The third-order valence-electron chi connectivity index (χ3n) is 4.00. The Kier molecular flexibility index (Phi) is 3.20. The molecule has 114 valence electrons. The van der Waals surface area contributed by atoms with Gasteiger partial charge in [-0.05, 0) is 37.0 Å². The number of carbonyl (C=O) groups excluding carboxylic acids is 3. The lowest BCUT2D eigenvalue weighted by Gasteiger charge is -2.13. The lowest BCUT2D eigenvalue weighted by atomic mass is 10.0. The highest BCUT2D eigenvalue weighted by molar-refractivity contribution is 6.21. The number of nitrogens with zero attached hydrogens (tertiary/aromatic N) is 1. The monoisotopic (exact) mass is 302 g/mol. The van der Waals surface area contributed by atoms with E-state index in [2.05, 4.69) is 5.32 Å². The highest BCUT2D eigenvalue weighted by Gasteiger charge is 2.38. The van der Waals surface area contributed by atoms with Gasteiger partial charge in [-0.15, -0.1) is 0 Å². The summed E-state index contributed by atoms with van der Waals surface area (Å²) in [4.78, 5) is 48.0. The van der Waals surface area contributed by atoms with Crippen LogP contribution in [0.3, 0.4) is 0 Å². The van der Waals surface area contributed by atoms with Gasteiger partial charge in [-0.2, -0.15) is 0 Å². The van der Waals surface area contributed by atoms with Crippen molar-refractivity contribution in [1.29, 1.82) is 0 Å². The van der Waals surface area contributed by atoms with Crippen molar-refractivity contribution >= 4 is 23.7 Å². The van der Waals surface area contributed by atoms with E-state index in [-0.39, 0.29) is 22.6 Å². The normalized spacial score (nSPS) is 18.1. The third kappa shape index (κ3) is 2.24. The van der Waals surface area contributed by atoms with Gasteiger partial charge in [0.25, 0.3) is 17.7 Å². The first kappa shape index (κ1) is 14.2. The lowest BCUT2D eigenvalue weighted by molar-refractivity contribution is -0.139. The standard InChI is InChI=1S/C15H14N2O5/c1-17-13(19)9-5-4-8(6-10(9)14(17)20)12(18)16-11(15(21)22)7-2-3-7/h4-7,11H,2-3H2,1H3,(H,16,18)(H,21,22). The van der Waals surface area contributed by atoms with Crippen molar-refractivity contribution in [3.8, 4) is 0 Å². The smallest absolute Gasteiger partial charge is 0.326 e. The predicted octanol–water partition coefficient (Wildman–Crippen LogP) is 0.505. The van der Waals surface area contributed by atoms with Gasteiger partial charge in [-0.3, -0.25) is 19.3 Å². The Hall–Kier alpha value is -2.70. The predicted molar refractivity (Wildman–Crippen MR) is 74.5 cm³/mol. The first-order valence-corrected chi connectivity index (χ1v) is 6.90. The van der Waals surface area contributed by atoms with Crippen molar-refractivity contribution in [3.63, 3.8) is 0 Å². The zero-order valence-corrected chi connectivity index (χ0v) is 11.8. The summed E-state index contributed by atoms with van der Waals surface area (Å²) < 4.78 is 0. The summed E-state index contributed by atoms with van der Waals surface area (Å²) in [5.41, 5.74) is 0.585. The molecule has 0 saturated heterocycles. The molecule has 1 atom stereocenters. The quantitative estimate of drug-likeness (QED) is 0.788. The molecule has 0 spiro atoms. The molecule has 3 amide bonds. The molecule has 2 N–H and O–H groups in total. The van der Waals surface area contributed by atoms with Crippen molar-refractivity contribution in [2.75, 3.05) is 7.05 Å². The van der Waals surface area contributed by atoms with E-state index in [1.54, 1.807) is 0 Å². The second-order valence-corrected chi connectivity index (χ2v) is 5.56. The van der Waals surface area contributed by atoms with Crippen molar-refractivity contribution in [3.05, 3.63) is 34.9 Å². The SMILES string of the molecule is CN1C(=O)c2ccc(C(=O)NC(C(=O)O)C3CC3)cc2C1=O. The van der Waals surface area contributed by atoms with E-state index in [1.807, 2.05) is 0 Å². The highest BCUT2D eigenvalue weighted by atomic mass is 16.4. The minimum Gasteiger partial charge on any atom is -0.480 e. The van der Waals surface area contributed by atoms with Crippen LogP contribution in [-0.2, 0) is 4.79 Å². The van der Waals surface area contributed by atoms with E-state index in [4.69, 9.17) is 5.11 Å². The molecule has 0 radical (unpaired) electrons. The number of aliphatic carboxylic acids is 1. The van der Waals surface area contributed by atoms with E-state index in [0.29, 0.717) is 0 Å². The van der Waals surface area contributed by atoms with Crippen LogP contribution < -0.4 is 5.32 Å². The number of carboxylic acids is 1. The third-order valence-corrected chi connectivity index (χ3v) is 4.00. The van der Waals surface area contributed by atoms with Crippen LogP contribution in [0.25, 0.3) is 0 Å². The number of imide groups is 1. The summed E-state index contributed by atoms with van der Waals surface area (Å²) in [6.45, 7) is 0. The van der Waals surface area contributed by atoms with E-state index in [1.165, 1.54) is 25.2 Å². The molecule has 3 rings (SSSR count). The molecule has 1 aromatic carbocycles. The first-order chi connectivity index (χ1) is 10.4. The maximum Gasteiger partial charge on any atom is 0.326 e. The Balaban J connectivity index is 1.84. The number of fused-ring (bicyclic) bond motifs is 1. The summed E-state index contributed by atoms with van der Waals surface area (Å²) >= 11 is 0. The molecule has 0 aromatic heterocycles. The number of benzene rings is 1. The fourth-order valence-electron chi connectivity index (χ4n) is 2.54. The Morgan fingerprint density at radius 2 is 1.86 bits per heavy atom. The largest absolute Gasteiger partial charge is 0.480 e. The highest BCUT2D eigenvalue weighted by Crippen LogP contribution is 2.33. The molecule has 1 heterocycles. The average molecular weight is 302 g/mol. The lowest BCUT2D eigenvalue weighted by Crippen LogP contribution is -2.42. The summed E-state index contributed by atoms with van der Waals surface area (Å²) in [7, 11) is 1.37. The van der Waals surface area contributed by atoms with Crippen LogP contribution in [0.1, 0.15) is 43.9 Å². The van der Waals surface area contributed by atoms with E-state index < -0.39 is 29.7 Å². The van der Waals surface area contributed by atoms with Crippen LogP contribution in [0.5, 0.6) is 0 Å². The van der Waals surface area contributed by atoms with Crippen molar-refractivity contribution in [2.24, 2.45) is 5.92 Å². The van der Waals surface area contributed by atoms with Gasteiger partial charge in [-0.1, -0.05) is 0 Å². The van der Waals surface area contributed by atoms with E-state index >= 15 is 0 Å². The van der Waals surface area contributed by atoms with Gasteiger partial charge in [0.15, 0.2) is 0 Å². The Morgan fingerprint density at radius 3 is 2.45 bits per heavy atom. The molecule has 1 fully saturated rings. The molecule has 2 aliphatic rings. The average Bonchev–Trinajstić information content (AvgIpc) is 3.30. The minimum atomic E-state index is -1.07. The van der Waals surface area contributed by atoms with Gasteiger partial charge in [0.2, 0.25) is 0 Å². The van der Waals surface area contributed by atoms with Crippen LogP contribution in [0.2, 0.25) is 0 Å². The zero-order valence-electron chi connectivity index (χ0n) is 11.8. The molecule has 0 bridgehead atoms. The van der Waals surface area contributed by atoms with Gasteiger partial charge in [0, 0.05) is 12.6 Å². The minimum absolute atomic E-state index is 0.0368. The molecule has 1 unspecified atom stereocenters. The maximum absolute atomic E-state index is 12.2. The summed E-state index contributed by atoms with van der Waals surface area (Å²) in [5, 5.41) is 11.6. The Labute approximate surface area is 125 Å². The van der Waals surface area contributed by atoms with Crippen LogP contribution in [0, 0.1) is 5.92 Å². The topological polar surface area (TPSA) is 104 Å². The van der Waals surface area contributed by atoms with E-state index in [9.17, 15) is 19.2 Å². The number of hydrogen-bond acceptors (Lipinski definition) is 4. The van der Waals surface area contributed by atoms with Gasteiger partial charge in [0.05, 0.1) is 11.1 Å². The number of amides is 3. The molecule has 7 heteroatoms. The van der Waals surface area contributed by atoms with Crippen LogP contribution in [0.4, 0.5) is 0 Å². The van der Waals surface area contributed by atoms with Crippen molar-refractivity contribution in [1.82, 2.24) is 10.2 Å². The molecular formula is C15H14N2O5. The molecule has 7 nitrogen and oxygen atoms in total. The van der Waals surface area contributed by atoms with Crippen LogP contribution in [-0.4, -0.2) is 46.8 Å². The fraction of sp³-hybridized carbons (Fsp3) is 0.333. The molecular weight excluding hydrogens is 288 g/mol. The Bertz CT molecular complexity index is 708. The number of carboxylic acid groups (broad SMARTS) is 1. The molecule has 1 aliphatic carbocycles.